The molecule has 0 saturated carbocycles. The summed E-state index contributed by atoms with van der Waals surface area (Å²) >= 11 is 0. The van der Waals surface area contributed by atoms with Gasteiger partial charge in [-0.15, -0.1) is 0 Å². The Bertz CT molecular complexity index is 965. The van der Waals surface area contributed by atoms with Crippen LogP contribution in [0.25, 0.3) is 0 Å². The molecule has 0 aliphatic carbocycles. The first kappa shape index (κ1) is 22.7. The van der Waals surface area contributed by atoms with Crippen LogP contribution in [0.15, 0.2) is 48.8 Å². The van der Waals surface area contributed by atoms with Crippen LogP contribution in [0.2, 0.25) is 0 Å². The molecule has 0 aliphatic heterocycles. The van der Waals surface area contributed by atoms with Crippen LogP contribution in [0.5, 0.6) is 5.75 Å². The van der Waals surface area contributed by atoms with Crippen LogP contribution >= 0.6 is 0 Å². The second kappa shape index (κ2) is 10.1. The highest BCUT2D eigenvalue weighted by atomic mass is 32.2. The van der Waals surface area contributed by atoms with Crippen molar-refractivity contribution in [1.82, 2.24) is 0 Å². The lowest BCUT2D eigenvalue weighted by molar-refractivity contribution is -0.727. The molecule has 28 heavy (non-hydrogen) atoms. The summed E-state index contributed by atoms with van der Waals surface area (Å²) in [5.41, 5.74) is 5.62. The third kappa shape index (κ3) is 8.87. The van der Waals surface area contributed by atoms with E-state index in [-0.39, 0.29) is 18.0 Å². The number of hydrogen-bond acceptors (Lipinski definition) is 7. The molecule has 1 aromatic carbocycles. The molecule has 0 fully saturated rings. The monoisotopic (exact) mass is 411 g/mol. The number of ether oxygens (including phenoxy) is 2. The molecule has 1 amide bonds. The van der Waals surface area contributed by atoms with Gasteiger partial charge >= 0.3 is 11.9 Å². The molecule has 0 radical (unpaired) electrons. The third-order valence-electron chi connectivity index (χ3n) is 2.85. The van der Waals surface area contributed by atoms with Gasteiger partial charge in [0.05, 0.1) is 6.26 Å². The molecule has 0 bridgehead atoms. The number of para-hydroxylation sites is 1. The van der Waals surface area contributed by atoms with Crippen LogP contribution in [0.4, 0.5) is 0 Å². The first-order valence-corrected chi connectivity index (χ1v) is 9.48. The molecule has 0 atom stereocenters. The van der Waals surface area contributed by atoms with Crippen LogP contribution in [0.3, 0.4) is 0 Å². The number of hydrogen-bond donors (Lipinski definition) is 2. The van der Waals surface area contributed by atoms with Crippen molar-refractivity contribution < 1.29 is 41.4 Å². The predicted molar refractivity (Wildman–Crippen MR) is 95.8 cm³/mol. The summed E-state index contributed by atoms with van der Waals surface area (Å²) in [7, 11) is -3.67. The van der Waals surface area contributed by atoms with Gasteiger partial charge in [0, 0.05) is 13.0 Å². The number of nitrogens with two attached hydrogens (primary N) is 1. The minimum atomic E-state index is -3.67. The average molecular weight is 411 g/mol. The van der Waals surface area contributed by atoms with Crippen LogP contribution in [0, 0.1) is 0 Å². The van der Waals surface area contributed by atoms with E-state index in [0.29, 0.717) is 11.8 Å². The maximum atomic E-state index is 12.1. The molecule has 1 aromatic heterocycles. The molecule has 150 valence electrons. The number of amides is 1. The van der Waals surface area contributed by atoms with E-state index in [4.69, 9.17) is 19.8 Å². The van der Waals surface area contributed by atoms with Crippen molar-refractivity contribution in [3.8, 4) is 5.75 Å². The Hall–Kier alpha value is -3.31. The van der Waals surface area contributed by atoms with Crippen molar-refractivity contribution in [3.05, 3.63) is 59.9 Å². The van der Waals surface area contributed by atoms with Crippen molar-refractivity contribution >= 4 is 28.0 Å². The molecule has 11 heteroatoms. The molecular weight excluding hydrogens is 392 g/mol. The Morgan fingerprint density at radius 1 is 1.14 bits per heavy atom. The van der Waals surface area contributed by atoms with Crippen LogP contribution in [-0.4, -0.2) is 37.1 Å². The fourth-order valence-corrected chi connectivity index (χ4v) is 1.84. The topological polar surface area (TPSA) is 154 Å². The standard InChI is InChI=1S/C16H14N2O5.CH4O3S/c1-11(19)23-14-7-3-2-6-13(14)16(21)22-10-18-8-4-5-12(9-18)15(17)20;1-5(2,3)4/h2-9H,10H2,1H3,(H-,17,20);1H3,(H,2,3,4)/p+1. The van der Waals surface area contributed by atoms with Gasteiger partial charge in [0.1, 0.15) is 16.9 Å². The number of benzene rings is 1. The minimum absolute atomic E-state index is 0.117. The molecular formula is C17H19N2O8S+. The second-order valence-electron chi connectivity index (χ2n) is 5.35. The molecule has 0 spiro atoms. The Balaban J connectivity index is 0.000000696. The number of carbonyl (C=O) groups is 3. The highest BCUT2D eigenvalue weighted by molar-refractivity contribution is 7.85. The van der Waals surface area contributed by atoms with E-state index in [1.807, 2.05) is 0 Å². The van der Waals surface area contributed by atoms with Gasteiger partial charge in [-0.05, 0) is 18.2 Å². The highest BCUT2D eigenvalue weighted by Gasteiger charge is 2.17. The Kier molecular flexibility index (Phi) is 8.23. The second-order valence-corrected chi connectivity index (χ2v) is 6.82. The molecule has 0 aliphatic rings. The quantitative estimate of drug-likeness (QED) is 0.308. The van der Waals surface area contributed by atoms with Gasteiger partial charge in [-0.1, -0.05) is 12.1 Å². The van der Waals surface area contributed by atoms with E-state index in [0.717, 1.165) is 0 Å². The van der Waals surface area contributed by atoms with Gasteiger partial charge in [-0.2, -0.15) is 13.0 Å². The van der Waals surface area contributed by atoms with Gasteiger partial charge in [0.25, 0.3) is 22.8 Å². The largest absolute Gasteiger partial charge is 0.426 e. The number of esters is 2. The summed E-state index contributed by atoms with van der Waals surface area (Å²) in [4.78, 5) is 34.3. The van der Waals surface area contributed by atoms with E-state index < -0.39 is 28.0 Å². The van der Waals surface area contributed by atoms with Crippen LogP contribution < -0.4 is 15.0 Å². The molecule has 0 saturated heterocycles. The van der Waals surface area contributed by atoms with Gasteiger partial charge in [-0.3, -0.25) is 14.1 Å². The summed E-state index contributed by atoms with van der Waals surface area (Å²) in [6.07, 6.45) is 3.80. The number of pyridine rings is 1. The predicted octanol–water partition coefficient (Wildman–Crippen LogP) is 0.317. The van der Waals surface area contributed by atoms with E-state index in [9.17, 15) is 22.8 Å². The van der Waals surface area contributed by atoms with Crippen molar-refractivity contribution in [2.75, 3.05) is 6.26 Å². The lowest BCUT2D eigenvalue weighted by atomic mass is 10.2. The summed E-state index contributed by atoms with van der Waals surface area (Å²) in [6.45, 7) is 1.13. The Morgan fingerprint density at radius 2 is 1.75 bits per heavy atom. The molecule has 3 N–H and O–H groups in total. The lowest BCUT2D eigenvalue weighted by Gasteiger charge is -2.07. The van der Waals surface area contributed by atoms with Gasteiger partial charge < -0.3 is 15.2 Å². The van der Waals surface area contributed by atoms with Crippen molar-refractivity contribution in [2.45, 2.75) is 13.7 Å². The summed E-state index contributed by atoms with van der Waals surface area (Å²) in [5.74, 6) is -1.64. The number of nitrogens with zero attached hydrogens (tertiary/aromatic N) is 1. The number of aromatic nitrogens is 1. The molecule has 10 nitrogen and oxygen atoms in total. The minimum Gasteiger partial charge on any atom is -0.426 e. The Labute approximate surface area is 161 Å². The van der Waals surface area contributed by atoms with E-state index in [1.165, 1.54) is 29.8 Å². The fourth-order valence-electron chi connectivity index (χ4n) is 1.84. The SMILES string of the molecule is CC(=O)Oc1ccccc1C(=O)OC[n+]1cccc(C(N)=O)c1.CS(=O)(=O)O. The van der Waals surface area contributed by atoms with Crippen molar-refractivity contribution in [1.29, 1.82) is 0 Å². The van der Waals surface area contributed by atoms with Gasteiger partial charge in [0.15, 0.2) is 12.4 Å². The summed E-state index contributed by atoms with van der Waals surface area (Å²) in [6, 6.07) is 9.42. The average Bonchev–Trinajstić information content (AvgIpc) is 2.58. The summed E-state index contributed by atoms with van der Waals surface area (Å²) < 4.78 is 37.5. The van der Waals surface area contributed by atoms with Crippen molar-refractivity contribution in [3.63, 3.8) is 0 Å². The summed E-state index contributed by atoms with van der Waals surface area (Å²) in [5, 5.41) is 0. The zero-order valence-electron chi connectivity index (χ0n) is 15.1. The molecule has 1 heterocycles. The number of primary amides is 1. The van der Waals surface area contributed by atoms with Gasteiger partial charge in [-0.25, -0.2) is 4.79 Å². The van der Waals surface area contributed by atoms with E-state index in [1.54, 1.807) is 30.5 Å². The van der Waals surface area contributed by atoms with Gasteiger partial charge in [0.2, 0.25) is 0 Å². The molecule has 0 unspecified atom stereocenters. The molecule has 2 rings (SSSR count). The maximum absolute atomic E-state index is 12.1. The number of rotatable bonds is 5. The first-order valence-electron chi connectivity index (χ1n) is 7.63. The highest BCUT2D eigenvalue weighted by Crippen LogP contribution is 2.19. The lowest BCUT2D eigenvalue weighted by Crippen LogP contribution is -2.36. The fraction of sp³-hybridized carbons (Fsp3) is 0.176. The number of carbonyl (C=O) groups excluding carboxylic acids is 3. The normalized spacial score (nSPS) is 10.2. The van der Waals surface area contributed by atoms with Crippen LogP contribution in [0.1, 0.15) is 27.6 Å². The van der Waals surface area contributed by atoms with Crippen molar-refractivity contribution in [2.24, 2.45) is 5.73 Å². The van der Waals surface area contributed by atoms with E-state index in [2.05, 4.69) is 0 Å². The zero-order valence-corrected chi connectivity index (χ0v) is 15.9. The maximum Gasteiger partial charge on any atom is 0.346 e. The first-order chi connectivity index (χ1) is 13.0. The zero-order chi connectivity index (χ0) is 21.3. The molecule has 2 aromatic rings. The van der Waals surface area contributed by atoms with E-state index >= 15 is 0 Å². The third-order valence-corrected chi connectivity index (χ3v) is 2.85. The van der Waals surface area contributed by atoms with Crippen LogP contribution in [-0.2, 0) is 26.4 Å². The smallest absolute Gasteiger partial charge is 0.346 e. The Morgan fingerprint density at radius 3 is 2.32 bits per heavy atom.